The highest BCUT2D eigenvalue weighted by Crippen LogP contribution is 2.35. The van der Waals surface area contributed by atoms with E-state index in [0.29, 0.717) is 35.0 Å². The van der Waals surface area contributed by atoms with Gasteiger partial charge in [0.05, 0.1) is 18.7 Å². The molecule has 0 aliphatic carbocycles. The Morgan fingerprint density at radius 2 is 1.84 bits per heavy atom. The Labute approximate surface area is 177 Å². The molecule has 0 saturated carbocycles. The molecule has 0 unspecified atom stereocenters. The molecule has 0 spiro atoms. The molecule has 158 valence electrons. The van der Waals surface area contributed by atoms with Crippen LogP contribution in [0.4, 0.5) is 15.9 Å². The fraction of sp³-hybridized carbons (Fsp3) is 0.130. The molecule has 2 heterocycles. The van der Waals surface area contributed by atoms with E-state index in [1.165, 1.54) is 12.1 Å². The number of pyridine rings is 1. The zero-order valence-corrected chi connectivity index (χ0v) is 16.5. The summed E-state index contributed by atoms with van der Waals surface area (Å²) in [5.41, 5.74) is 3.11. The van der Waals surface area contributed by atoms with Crippen LogP contribution < -0.4 is 10.6 Å². The highest BCUT2D eigenvalue weighted by atomic mass is 19.1. The summed E-state index contributed by atoms with van der Waals surface area (Å²) in [6.07, 6.45) is 1.72. The average Bonchev–Trinajstić information content (AvgIpc) is 3.11. The van der Waals surface area contributed by atoms with Crippen LogP contribution in [0, 0.1) is 5.82 Å². The predicted molar refractivity (Wildman–Crippen MR) is 116 cm³/mol. The quantitative estimate of drug-likeness (QED) is 0.365. The number of aromatic nitrogens is 2. The van der Waals surface area contributed by atoms with E-state index in [0.717, 1.165) is 5.56 Å². The molecule has 4 aromatic rings. The normalized spacial score (nSPS) is 10.9. The molecule has 8 heteroatoms. The van der Waals surface area contributed by atoms with Gasteiger partial charge in [-0.15, -0.1) is 0 Å². The van der Waals surface area contributed by atoms with E-state index in [2.05, 4.69) is 15.6 Å². The van der Waals surface area contributed by atoms with Crippen molar-refractivity contribution in [3.63, 3.8) is 0 Å². The van der Waals surface area contributed by atoms with Gasteiger partial charge in [-0.25, -0.2) is 9.37 Å². The first-order valence-electron chi connectivity index (χ1n) is 9.74. The lowest BCUT2D eigenvalue weighted by Gasteiger charge is -2.11. The molecule has 0 fully saturated rings. The first kappa shape index (κ1) is 20.4. The highest BCUT2D eigenvalue weighted by molar-refractivity contribution is 5.91. The number of hydrogen-bond donors (Lipinski definition) is 4. The van der Waals surface area contributed by atoms with Gasteiger partial charge in [-0.1, -0.05) is 24.3 Å². The Morgan fingerprint density at radius 3 is 2.58 bits per heavy atom. The second kappa shape index (κ2) is 8.85. The van der Waals surface area contributed by atoms with Crippen LogP contribution in [0.15, 0.2) is 66.9 Å². The molecule has 0 aliphatic heterocycles. The molecule has 2 aromatic heterocycles. The van der Waals surface area contributed by atoms with E-state index in [9.17, 15) is 14.3 Å². The van der Waals surface area contributed by atoms with Gasteiger partial charge in [-0.2, -0.15) is 0 Å². The van der Waals surface area contributed by atoms with Crippen molar-refractivity contribution in [3.8, 4) is 17.0 Å². The standard InChI is InChI=1S/C23H21FN4O3/c24-16-7-5-15(6-8-16)13-25-23-22(18-3-1-2-4-19(18)30)27-20-10-9-17(14-28(20)23)26-21(31)11-12-29/h1-10,14,25,29-30H,11-13H2,(H,26,31). The predicted octanol–water partition coefficient (Wildman–Crippen LogP) is 3.78. The van der Waals surface area contributed by atoms with Crippen LogP contribution in [-0.2, 0) is 11.3 Å². The summed E-state index contributed by atoms with van der Waals surface area (Å²) < 4.78 is 15.0. The van der Waals surface area contributed by atoms with Gasteiger partial charge < -0.3 is 20.8 Å². The lowest BCUT2D eigenvalue weighted by molar-refractivity contribution is -0.116. The lowest BCUT2D eigenvalue weighted by atomic mass is 10.1. The number of phenolic OH excluding ortho intramolecular Hbond substituents is 1. The topological polar surface area (TPSA) is 98.9 Å². The largest absolute Gasteiger partial charge is 0.507 e. The van der Waals surface area contributed by atoms with Crippen molar-refractivity contribution in [3.05, 3.63) is 78.2 Å². The van der Waals surface area contributed by atoms with E-state index >= 15 is 0 Å². The maximum atomic E-state index is 13.2. The van der Waals surface area contributed by atoms with Crippen molar-refractivity contribution >= 4 is 23.1 Å². The van der Waals surface area contributed by atoms with Crippen LogP contribution in [0.3, 0.4) is 0 Å². The minimum Gasteiger partial charge on any atom is -0.507 e. The summed E-state index contributed by atoms with van der Waals surface area (Å²) in [7, 11) is 0. The van der Waals surface area contributed by atoms with Gasteiger partial charge in [0.25, 0.3) is 0 Å². The Bertz CT molecular complexity index is 1220. The highest BCUT2D eigenvalue weighted by Gasteiger charge is 2.17. The number of para-hydroxylation sites is 1. The summed E-state index contributed by atoms with van der Waals surface area (Å²) in [6, 6.07) is 16.5. The smallest absolute Gasteiger partial charge is 0.226 e. The number of nitrogens with one attached hydrogen (secondary N) is 2. The minimum absolute atomic E-state index is 0.000771. The second-order valence-electron chi connectivity index (χ2n) is 6.97. The molecule has 0 radical (unpaired) electrons. The fourth-order valence-electron chi connectivity index (χ4n) is 3.26. The zero-order valence-electron chi connectivity index (χ0n) is 16.5. The van der Waals surface area contributed by atoms with Crippen molar-refractivity contribution in [1.29, 1.82) is 0 Å². The van der Waals surface area contributed by atoms with Gasteiger partial charge >= 0.3 is 0 Å². The number of phenols is 1. The third-order valence-corrected chi connectivity index (χ3v) is 4.77. The van der Waals surface area contributed by atoms with Crippen molar-refractivity contribution in [1.82, 2.24) is 9.38 Å². The molecule has 0 bridgehead atoms. The Kier molecular flexibility index (Phi) is 5.81. The summed E-state index contributed by atoms with van der Waals surface area (Å²) in [4.78, 5) is 16.5. The maximum absolute atomic E-state index is 13.2. The molecular formula is C23H21FN4O3. The van der Waals surface area contributed by atoms with Gasteiger partial charge in [-0.05, 0) is 42.0 Å². The Hall–Kier alpha value is -3.91. The van der Waals surface area contributed by atoms with E-state index < -0.39 is 0 Å². The number of carbonyl (C=O) groups is 1. The molecule has 0 atom stereocenters. The number of aliphatic hydroxyl groups is 1. The second-order valence-corrected chi connectivity index (χ2v) is 6.97. The van der Waals surface area contributed by atoms with E-state index in [1.54, 1.807) is 53.1 Å². The first-order chi connectivity index (χ1) is 15.0. The molecule has 2 aromatic carbocycles. The molecule has 31 heavy (non-hydrogen) atoms. The van der Waals surface area contributed by atoms with Gasteiger partial charge in [0.2, 0.25) is 5.91 Å². The third kappa shape index (κ3) is 4.49. The zero-order chi connectivity index (χ0) is 21.8. The summed E-state index contributed by atoms with van der Waals surface area (Å²) in [5.74, 6) is 0.0896. The monoisotopic (exact) mass is 420 g/mol. The molecule has 0 aliphatic rings. The average molecular weight is 420 g/mol. The number of nitrogens with zero attached hydrogens (tertiary/aromatic N) is 2. The van der Waals surface area contributed by atoms with Gasteiger partial charge in [-0.3, -0.25) is 9.20 Å². The van der Waals surface area contributed by atoms with Gasteiger partial charge in [0.15, 0.2) is 0 Å². The molecule has 0 saturated heterocycles. The lowest BCUT2D eigenvalue weighted by Crippen LogP contribution is -2.13. The van der Waals surface area contributed by atoms with E-state index in [4.69, 9.17) is 5.11 Å². The van der Waals surface area contributed by atoms with E-state index in [1.807, 2.05) is 6.07 Å². The summed E-state index contributed by atoms with van der Waals surface area (Å²) >= 11 is 0. The molecule has 4 rings (SSSR count). The summed E-state index contributed by atoms with van der Waals surface area (Å²) in [6.45, 7) is 0.164. The van der Waals surface area contributed by atoms with Crippen molar-refractivity contribution in [2.75, 3.05) is 17.2 Å². The number of rotatable bonds is 7. The van der Waals surface area contributed by atoms with Crippen LogP contribution >= 0.6 is 0 Å². The number of fused-ring (bicyclic) bond motifs is 1. The number of amides is 1. The third-order valence-electron chi connectivity index (χ3n) is 4.77. The number of hydrogen-bond acceptors (Lipinski definition) is 5. The minimum atomic E-state index is -0.309. The van der Waals surface area contributed by atoms with Crippen LogP contribution in [0.1, 0.15) is 12.0 Å². The number of halogens is 1. The number of aliphatic hydroxyl groups excluding tert-OH is 1. The number of carbonyl (C=O) groups excluding carboxylic acids is 1. The van der Waals surface area contributed by atoms with Crippen LogP contribution in [-0.4, -0.2) is 32.1 Å². The molecule has 7 nitrogen and oxygen atoms in total. The number of imidazole rings is 1. The number of anilines is 2. The van der Waals surface area contributed by atoms with Crippen LogP contribution in [0.25, 0.3) is 16.9 Å². The fourth-order valence-corrected chi connectivity index (χ4v) is 3.26. The number of benzene rings is 2. The van der Waals surface area contributed by atoms with Crippen molar-refractivity contribution in [2.45, 2.75) is 13.0 Å². The first-order valence-corrected chi connectivity index (χ1v) is 9.74. The van der Waals surface area contributed by atoms with Crippen molar-refractivity contribution in [2.24, 2.45) is 0 Å². The number of aromatic hydroxyl groups is 1. The van der Waals surface area contributed by atoms with Gasteiger partial charge in [0.1, 0.15) is 28.7 Å². The Morgan fingerprint density at radius 1 is 1.06 bits per heavy atom. The molecular weight excluding hydrogens is 399 g/mol. The SMILES string of the molecule is O=C(CCO)Nc1ccc2nc(-c3ccccc3O)c(NCc3ccc(F)cc3)n2c1. The van der Waals surface area contributed by atoms with Gasteiger partial charge in [0, 0.05) is 18.3 Å². The van der Waals surface area contributed by atoms with E-state index in [-0.39, 0.29) is 30.5 Å². The Balaban J connectivity index is 1.75. The van der Waals surface area contributed by atoms with Crippen LogP contribution in [0.2, 0.25) is 0 Å². The maximum Gasteiger partial charge on any atom is 0.226 e. The summed E-state index contributed by atoms with van der Waals surface area (Å²) in [5, 5.41) is 25.4. The molecule has 1 amide bonds. The molecule has 4 N–H and O–H groups in total. The van der Waals surface area contributed by atoms with Crippen molar-refractivity contribution < 1.29 is 19.4 Å². The van der Waals surface area contributed by atoms with Crippen LogP contribution in [0.5, 0.6) is 5.75 Å².